The minimum atomic E-state index is -0.481. The molecule has 0 aromatic rings. The first-order valence-corrected chi connectivity index (χ1v) is 6.38. The van der Waals surface area contributed by atoms with Crippen molar-refractivity contribution in [2.45, 2.75) is 58.9 Å². The third kappa shape index (κ3) is 2.51. The van der Waals surface area contributed by atoms with Gasteiger partial charge in [0.1, 0.15) is 0 Å². The summed E-state index contributed by atoms with van der Waals surface area (Å²) in [6.45, 7) is 8.23. The van der Waals surface area contributed by atoms with Crippen molar-refractivity contribution in [1.29, 1.82) is 0 Å². The summed E-state index contributed by atoms with van der Waals surface area (Å²) < 4.78 is 0. The normalized spacial score (nSPS) is 20.9. The van der Waals surface area contributed by atoms with Gasteiger partial charge in [0.15, 0.2) is 0 Å². The molecule has 1 aliphatic heterocycles. The Bertz CT molecular complexity index is 291. The molecule has 0 radical (unpaired) electrons. The number of imide groups is 1. The van der Waals surface area contributed by atoms with E-state index in [1.54, 1.807) is 0 Å². The fourth-order valence-electron chi connectivity index (χ4n) is 2.65. The van der Waals surface area contributed by atoms with Gasteiger partial charge in [0.05, 0.1) is 5.54 Å². The fraction of sp³-hybridized carbons (Fsp3) is 0.846. The van der Waals surface area contributed by atoms with E-state index in [9.17, 15) is 9.59 Å². The molecule has 1 heterocycles. The molecular weight excluding hydrogens is 216 g/mol. The van der Waals surface area contributed by atoms with E-state index < -0.39 is 5.54 Å². The summed E-state index contributed by atoms with van der Waals surface area (Å²) >= 11 is 0. The van der Waals surface area contributed by atoms with Crippen molar-refractivity contribution in [3.05, 3.63) is 0 Å². The molecule has 4 heteroatoms. The topological polar surface area (TPSA) is 63.4 Å². The standard InChI is InChI=1S/C13H24N2O2/c1-5-13(6-2,9-14)15-10(16)7-12(3,4)8-11(15)17/h5-9,14H2,1-4H3. The smallest absolute Gasteiger partial charge is 0.230 e. The lowest BCUT2D eigenvalue weighted by atomic mass is 9.78. The number of nitrogens with two attached hydrogens (primary N) is 1. The van der Waals surface area contributed by atoms with E-state index in [0.717, 1.165) is 12.8 Å². The maximum Gasteiger partial charge on any atom is 0.230 e. The maximum atomic E-state index is 12.2. The van der Waals surface area contributed by atoms with Gasteiger partial charge in [0.2, 0.25) is 11.8 Å². The largest absolute Gasteiger partial charge is 0.328 e. The quantitative estimate of drug-likeness (QED) is 0.760. The molecule has 1 aliphatic rings. The fourth-order valence-corrected chi connectivity index (χ4v) is 2.65. The summed E-state index contributed by atoms with van der Waals surface area (Å²) in [6, 6.07) is 0. The van der Waals surface area contributed by atoms with Crippen molar-refractivity contribution in [3.63, 3.8) is 0 Å². The van der Waals surface area contributed by atoms with Gasteiger partial charge >= 0.3 is 0 Å². The van der Waals surface area contributed by atoms with E-state index in [2.05, 4.69) is 0 Å². The number of piperidine rings is 1. The number of carbonyl (C=O) groups excluding carboxylic acids is 2. The highest BCUT2D eigenvalue weighted by molar-refractivity contribution is 5.99. The Hall–Kier alpha value is -0.900. The van der Waals surface area contributed by atoms with Crippen LogP contribution in [0.1, 0.15) is 53.4 Å². The van der Waals surface area contributed by atoms with Crippen LogP contribution in [0.25, 0.3) is 0 Å². The average molecular weight is 240 g/mol. The second-order valence-corrected chi connectivity index (χ2v) is 5.78. The highest BCUT2D eigenvalue weighted by Gasteiger charge is 2.46. The van der Waals surface area contributed by atoms with Crippen molar-refractivity contribution in [2.75, 3.05) is 6.54 Å². The second kappa shape index (κ2) is 4.77. The molecule has 0 aromatic heterocycles. The lowest BCUT2D eigenvalue weighted by Crippen LogP contribution is -2.61. The predicted molar refractivity (Wildman–Crippen MR) is 67.2 cm³/mol. The van der Waals surface area contributed by atoms with Gasteiger partial charge in [-0.3, -0.25) is 14.5 Å². The Balaban J connectivity index is 3.05. The van der Waals surface area contributed by atoms with Crippen molar-refractivity contribution in [2.24, 2.45) is 11.1 Å². The van der Waals surface area contributed by atoms with Crippen LogP contribution in [0.3, 0.4) is 0 Å². The van der Waals surface area contributed by atoms with Crippen LogP contribution in [0.2, 0.25) is 0 Å². The Morgan fingerprint density at radius 2 is 1.59 bits per heavy atom. The third-order valence-electron chi connectivity index (χ3n) is 3.93. The molecule has 2 amide bonds. The molecule has 1 fully saturated rings. The number of hydrogen-bond acceptors (Lipinski definition) is 3. The average Bonchev–Trinajstić information content (AvgIpc) is 2.22. The Labute approximate surface area is 104 Å². The summed E-state index contributed by atoms with van der Waals surface area (Å²) in [7, 11) is 0. The van der Waals surface area contributed by atoms with E-state index in [4.69, 9.17) is 5.73 Å². The van der Waals surface area contributed by atoms with Gasteiger partial charge in [0.25, 0.3) is 0 Å². The zero-order chi connectivity index (χ0) is 13.3. The molecule has 0 aromatic carbocycles. The molecule has 4 nitrogen and oxygen atoms in total. The Kier molecular flexibility index (Phi) is 3.97. The van der Waals surface area contributed by atoms with Gasteiger partial charge in [-0.25, -0.2) is 0 Å². The Morgan fingerprint density at radius 3 is 1.88 bits per heavy atom. The van der Waals surface area contributed by atoms with E-state index in [0.29, 0.717) is 19.4 Å². The molecule has 1 saturated heterocycles. The van der Waals surface area contributed by atoms with E-state index in [1.807, 2.05) is 27.7 Å². The van der Waals surface area contributed by atoms with Crippen LogP contribution in [0.5, 0.6) is 0 Å². The first-order chi connectivity index (χ1) is 7.82. The number of hydrogen-bond donors (Lipinski definition) is 1. The van der Waals surface area contributed by atoms with Gasteiger partial charge in [-0.05, 0) is 18.3 Å². The molecule has 98 valence electrons. The third-order valence-corrected chi connectivity index (χ3v) is 3.93. The maximum absolute atomic E-state index is 12.2. The lowest BCUT2D eigenvalue weighted by molar-refractivity contribution is -0.160. The second-order valence-electron chi connectivity index (χ2n) is 5.78. The highest BCUT2D eigenvalue weighted by atomic mass is 16.2. The summed E-state index contributed by atoms with van der Waals surface area (Å²) in [5.74, 6) is -0.138. The number of nitrogens with zero attached hydrogens (tertiary/aromatic N) is 1. The van der Waals surface area contributed by atoms with E-state index in [-0.39, 0.29) is 17.2 Å². The first kappa shape index (κ1) is 14.2. The van der Waals surface area contributed by atoms with E-state index >= 15 is 0 Å². The molecule has 17 heavy (non-hydrogen) atoms. The zero-order valence-electron chi connectivity index (χ0n) is 11.4. The number of amides is 2. The first-order valence-electron chi connectivity index (χ1n) is 6.38. The number of carbonyl (C=O) groups is 2. The van der Waals surface area contributed by atoms with E-state index in [1.165, 1.54) is 4.90 Å². The molecular formula is C13H24N2O2. The van der Waals surface area contributed by atoms with Crippen LogP contribution in [0.4, 0.5) is 0 Å². The highest BCUT2D eigenvalue weighted by Crippen LogP contribution is 2.36. The Morgan fingerprint density at radius 1 is 1.18 bits per heavy atom. The minimum absolute atomic E-state index is 0.0691. The summed E-state index contributed by atoms with van der Waals surface area (Å²) in [6.07, 6.45) is 2.30. The van der Waals surface area contributed by atoms with Crippen LogP contribution in [0.15, 0.2) is 0 Å². The summed E-state index contributed by atoms with van der Waals surface area (Å²) in [4.78, 5) is 25.8. The van der Waals surface area contributed by atoms with Crippen LogP contribution in [-0.2, 0) is 9.59 Å². The van der Waals surface area contributed by atoms with Crippen molar-refractivity contribution in [3.8, 4) is 0 Å². The van der Waals surface area contributed by atoms with Crippen molar-refractivity contribution >= 4 is 11.8 Å². The molecule has 0 atom stereocenters. The van der Waals surface area contributed by atoms with Crippen molar-refractivity contribution < 1.29 is 9.59 Å². The van der Waals surface area contributed by atoms with Crippen LogP contribution in [-0.4, -0.2) is 28.8 Å². The van der Waals surface area contributed by atoms with Crippen molar-refractivity contribution in [1.82, 2.24) is 4.90 Å². The monoisotopic (exact) mass is 240 g/mol. The SMILES string of the molecule is CCC(CC)(CN)N1C(=O)CC(C)(C)CC1=O. The zero-order valence-corrected chi connectivity index (χ0v) is 11.4. The molecule has 2 N–H and O–H groups in total. The molecule has 0 bridgehead atoms. The molecule has 0 unspecified atom stereocenters. The number of likely N-dealkylation sites (tertiary alicyclic amines) is 1. The van der Waals surface area contributed by atoms with Gasteiger partial charge in [-0.1, -0.05) is 27.7 Å². The molecule has 0 aliphatic carbocycles. The lowest BCUT2D eigenvalue weighted by Gasteiger charge is -2.46. The van der Waals surface area contributed by atoms with Gasteiger partial charge in [-0.2, -0.15) is 0 Å². The van der Waals surface area contributed by atoms with Crippen LogP contribution in [0, 0.1) is 5.41 Å². The van der Waals surface area contributed by atoms with Gasteiger partial charge in [0, 0.05) is 19.4 Å². The summed E-state index contributed by atoms with van der Waals surface area (Å²) in [5.41, 5.74) is 5.11. The minimum Gasteiger partial charge on any atom is -0.328 e. The molecule has 1 rings (SSSR count). The van der Waals surface area contributed by atoms with Crippen LogP contribution < -0.4 is 5.73 Å². The predicted octanol–water partition coefficient (Wildman–Crippen LogP) is 1.68. The van der Waals surface area contributed by atoms with Gasteiger partial charge < -0.3 is 5.73 Å². The molecule has 0 spiro atoms. The van der Waals surface area contributed by atoms with Gasteiger partial charge in [-0.15, -0.1) is 0 Å². The van der Waals surface area contributed by atoms with Crippen LogP contribution >= 0.6 is 0 Å². The molecule has 0 saturated carbocycles. The summed E-state index contributed by atoms with van der Waals surface area (Å²) in [5, 5.41) is 0. The number of rotatable bonds is 4.